The summed E-state index contributed by atoms with van der Waals surface area (Å²) < 4.78 is 5.58. The Kier molecular flexibility index (Phi) is 6.83. The third kappa shape index (κ3) is 5.18. The molecule has 0 aliphatic heterocycles. The Morgan fingerprint density at radius 1 is 1.47 bits per heavy atom. The van der Waals surface area contributed by atoms with E-state index in [2.05, 4.69) is 26.1 Å². The Labute approximate surface area is 121 Å². The molecular weight excluding hydrogens is 312 g/mol. The van der Waals surface area contributed by atoms with Crippen LogP contribution in [-0.4, -0.2) is 56.4 Å². The van der Waals surface area contributed by atoms with Gasteiger partial charge in [0.1, 0.15) is 0 Å². The van der Waals surface area contributed by atoms with Gasteiger partial charge in [-0.25, -0.2) is 4.79 Å². The number of halogens is 1. The van der Waals surface area contributed by atoms with E-state index in [0.29, 0.717) is 23.3 Å². The molecule has 1 aromatic rings. The summed E-state index contributed by atoms with van der Waals surface area (Å²) in [5, 5.41) is 12.3. The molecule has 0 atom stereocenters. The standard InChI is InChI=1S/C13H19BrN2O3/c1-16(8-9-19-2)7-6-15-11-5-3-4-10(14)12(11)13(17)18/h3-5,15H,6-9H2,1-2H3,(H,17,18). The van der Waals surface area contributed by atoms with E-state index in [1.165, 1.54) is 0 Å². The van der Waals surface area contributed by atoms with Crippen LogP contribution in [0.4, 0.5) is 5.69 Å². The summed E-state index contributed by atoms with van der Waals surface area (Å²) in [6, 6.07) is 5.30. The summed E-state index contributed by atoms with van der Waals surface area (Å²) in [7, 11) is 3.67. The first-order valence-corrected chi connectivity index (χ1v) is 6.78. The average Bonchev–Trinajstić information content (AvgIpc) is 2.36. The molecule has 2 N–H and O–H groups in total. The van der Waals surface area contributed by atoms with Gasteiger partial charge in [0.2, 0.25) is 0 Å². The van der Waals surface area contributed by atoms with Crippen LogP contribution in [0.15, 0.2) is 22.7 Å². The molecule has 6 heteroatoms. The molecule has 0 saturated carbocycles. The van der Waals surface area contributed by atoms with Crippen LogP contribution in [0, 0.1) is 0 Å². The van der Waals surface area contributed by atoms with Gasteiger partial charge in [-0.15, -0.1) is 0 Å². The summed E-state index contributed by atoms with van der Waals surface area (Å²) >= 11 is 3.25. The number of aromatic carboxylic acids is 1. The minimum atomic E-state index is -0.942. The van der Waals surface area contributed by atoms with Gasteiger partial charge >= 0.3 is 5.97 Å². The van der Waals surface area contributed by atoms with E-state index in [-0.39, 0.29) is 5.56 Å². The first kappa shape index (κ1) is 15.9. The molecule has 0 aliphatic carbocycles. The molecule has 0 amide bonds. The lowest BCUT2D eigenvalue weighted by Gasteiger charge is -2.17. The molecule has 0 aliphatic rings. The molecule has 0 heterocycles. The van der Waals surface area contributed by atoms with Crippen molar-refractivity contribution in [3.05, 3.63) is 28.2 Å². The Balaban J connectivity index is 2.54. The molecule has 5 nitrogen and oxygen atoms in total. The molecule has 0 unspecified atom stereocenters. The summed E-state index contributed by atoms with van der Waals surface area (Å²) in [6.45, 7) is 3.03. The lowest BCUT2D eigenvalue weighted by Crippen LogP contribution is -2.28. The number of anilines is 1. The van der Waals surface area contributed by atoms with Crippen molar-refractivity contribution >= 4 is 27.6 Å². The van der Waals surface area contributed by atoms with Crippen LogP contribution in [0.1, 0.15) is 10.4 Å². The third-order valence-electron chi connectivity index (χ3n) is 2.71. The van der Waals surface area contributed by atoms with Crippen LogP contribution >= 0.6 is 15.9 Å². The number of nitrogens with one attached hydrogen (secondary N) is 1. The SMILES string of the molecule is COCCN(C)CCNc1cccc(Br)c1C(=O)O. The first-order chi connectivity index (χ1) is 9.06. The number of nitrogens with zero attached hydrogens (tertiary/aromatic N) is 1. The minimum absolute atomic E-state index is 0.266. The second-order valence-electron chi connectivity index (χ2n) is 4.19. The zero-order valence-electron chi connectivity index (χ0n) is 11.1. The maximum absolute atomic E-state index is 11.2. The van der Waals surface area contributed by atoms with E-state index in [4.69, 9.17) is 4.74 Å². The van der Waals surface area contributed by atoms with Crippen molar-refractivity contribution in [3.8, 4) is 0 Å². The second kappa shape index (κ2) is 8.14. The fourth-order valence-electron chi connectivity index (χ4n) is 1.63. The van der Waals surface area contributed by atoms with Crippen molar-refractivity contribution in [1.82, 2.24) is 4.90 Å². The number of likely N-dealkylation sites (N-methyl/N-ethyl adjacent to an activating group) is 1. The number of hydrogen-bond donors (Lipinski definition) is 2. The van der Waals surface area contributed by atoms with Crippen molar-refractivity contribution in [2.24, 2.45) is 0 Å². The van der Waals surface area contributed by atoms with Crippen molar-refractivity contribution in [1.29, 1.82) is 0 Å². The molecule has 1 aromatic carbocycles. The van der Waals surface area contributed by atoms with Gasteiger partial charge in [0.15, 0.2) is 0 Å². The summed E-state index contributed by atoms with van der Waals surface area (Å²) in [5.41, 5.74) is 0.893. The third-order valence-corrected chi connectivity index (χ3v) is 3.37. The zero-order chi connectivity index (χ0) is 14.3. The van der Waals surface area contributed by atoms with E-state index in [1.54, 1.807) is 19.2 Å². The maximum Gasteiger partial charge on any atom is 0.338 e. The normalized spacial score (nSPS) is 10.7. The molecule has 0 spiro atoms. The second-order valence-corrected chi connectivity index (χ2v) is 5.04. The molecule has 0 radical (unpaired) electrons. The van der Waals surface area contributed by atoms with Crippen molar-refractivity contribution in [3.63, 3.8) is 0 Å². The predicted molar refractivity (Wildman–Crippen MR) is 79.0 cm³/mol. The van der Waals surface area contributed by atoms with Crippen molar-refractivity contribution in [2.45, 2.75) is 0 Å². The van der Waals surface area contributed by atoms with E-state index in [0.717, 1.165) is 13.1 Å². The Morgan fingerprint density at radius 2 is 2.21 bits per heavy atom. The molecular formula is C13H19BrN2O3. The van der Waals surface area contributed by atoms with Gasteiger partial charge in [0, 0.05) is 36.9 Å². The molecule has 106 valence electrons. The highest BCUT2D eigenvalue weighted by Crippen LogP contribution is 2.24. The van der Waals surface area contributed by atoms with Crippen molar-refractivity contribution < 1.29 is 14.6 Å². The molecule has 1 rings (SSSR count). The number of ether oxygens (including phenoxy) is 1. The lowest BCUT2D eigenvalue weighted by atomic mass is 10.2. The van der Waals surface area contributed by atoms with E-state index in [9.17, 15) is 9.90 Å². The quantitative estimate of drug-likeness (QED) is 0.764. The molecule has 0 bridgehead atoms. The molecule has 19 heavy (non-hydrogen) atoms. The number of carboxylic acid groups (broad SMARTS) is 1. The van der Waals surface area contributed by atoms with E-state index < -0.39 is 5.97 Å². The zero-order valence-corrected chi connectivity index (χ0v) is 12.7. The first-order valence-electron chi connectivity index (χ1n) is 5.99. The molecule has 0 saturated heterocycles. The number of carboxylic acids is 1. The van der Waals surface area contributed by atoms with Crippen LogP contribution in [0.5, 0.6) is 0 Å². The van der Waals surface area contributed by atoms with Gasteiger partial charge < -0.3 is 20.1 Å². The maximum atomic E-state index is 11.2. The number of carbonyl (C=O) groups is 1. The van der Waals surface area contributed by atoms with Crippen LogP contribution in [0.2, 0.25) is 0 Å². The monoisotopic (exact) mass is 330 g/mol. The molecule has 0 fully saturated rings. The van der Waals surface area contributed by atoms with Gasteiger partial charge in [-0.1, -0.05) is 6.07 Å². The fourth-order valence-corrected chi connectivity index (χ4v) is 2.16. The highest BCUT2D eigenvalue weighted by molar-refractivity contribution is 9.10. The molecule has 0 aromatic heterocycles. The summed E-state index contributed by atoms with van der Waals surface area (Å²) in [4.78, 5) is 13.3. The summed E-state index contributed by atoms with van der Waals surface area (Å²) in [5.74, 6) is -0.942. The van der Waals surface area contributed by atoms with Crippen LogP contribution in [0.25, 0.3) is 0 Å². The Hall–Kier alpha value is -1.11. The summed E-state index contributed by atoms with van der Waals surface area (Å²) in [6.07, 6.45) is 0. The van der Waals surface area contributed by atoms with E-state index >= 15 is 0 Å². The Bertz CT molecular complexity index is 426. The van der Waals surface area contributed by atoms with Crippen LogP contribution < -0.4 is 5.32 Å². The number of methoxy groups -OCH3 is 1. The van der Waals surface area contributed by atoms with Gasteiger partial charge in [-0.2, -0.15) is 0 Å². The number of hydrogen-bond acceptors (Lipinski definition) is 4. The van der Waals surface area contributed by atoms with Crippen LogP contribution in [0.3, 0.4) is 0 Å². The van der Waals surface area contributed by atoms with E-state index in [1.807, 2.05) is 13.1 Å². The smallest absolute Gasteiger partial charge is 0.338 e. The fraction of sp³-hybridized carbons (Fsp3) is 0.462. The highest BCUT2D eigenvalue weighted by atomic mass is 79.9. The highest BCUT2D eigenvalue weighted by Gasteiger charge is 2.13. The minimum Gasteiger partial charge on any atom is -0.478 e. The van der Waals surface area contributed by atoms with Crippen molar-refractivity contribution in [2.75, 3.05) is 45.7 Å². The topological polar surface area (TPSA) is 61.8 Å². The van der Waals surface area contributed by atoms with Crippen LogP contribution in [-0.2, 0) is 4.74 Å². The van der Waals surface area contributed by atoms with Gasteiger partial charge in [-0.3, -0.25) is 0 Å². The number of benzene rings is 1. The average molecular weight is 331 g/mol. The Morgan fingerprint density at radius 3 is 2.84 bits per heavy atom. The van der Waals surface area contributed by atoms with Gasteiger partial charge in [0.05, 0.1) is 12.2 Å². The largest absolute Gasteiger partial charge is 0.478 e. The van der Waals surface area contributed by atoms with Gasteiger partial charge in [-0.05, 0) is 35.1 Å². The predicted octanol–water partition coefficient (Wildman–Crippen LogP) is 2.14. The van der Waals surface area contributed by atoms with Gasteiger partial charge in [0.25, 0.3) is 0 Å². The number of rotatable bonds is 8. The lowest BCUT2D eigenvalue weighted by molar-refractivity contribution is 0.0697.